The van der Waals surface area contributed by atoms with Crippen molar-refractivity contribution >= 4 is 35.3 Å². The number of benzene rings is 3. The lowest BCUT2D eigenvalue weighted by atomic mass is 10.1. The number of hydrazone groups is 1. The average Bonchev–Trinajstić information content (AvgIpc) is 2.80. The Kier molecular flexibility index (Phi) is 8.05. The lowest BCUT2D eigenvalue weighted by Crippen LogP contribution is -2.32. The van der Waals surface area contributed by atoms with Crippen molar-refractivity contribution in [1.82, 2.24) is 5.43 Å². The molecule has 0 aliphatic carbocycles. The van der Waals surface area contributed by atoms with E-state index in [1.54, 1.807) is 36.4 Å². The first-order valence-corrected chi connectivity index (χ1v) is 10.5. The smallest absolute Gasteiger partial charge is 0.329 e. The van der Waals surface area contributed by atoms with Crippen molar-refractivity contribution < 1.29 is 19.1 Å². The van der Waals surface area contributed by atoms with Crippen molar-refractivity contribution in [3.05, 3.63) is 87.9 Å². The molecule has 0 saturated carbocycles. The van der Waals surface area contributed by atoms with E-state index in [0.29, 0.717) is 34.4 Å². The number of carbonyl (C=O) groups is 2. The standard InChI is InChI=1S/C25H24ClN3O4/c1-16-4-10-21(17(2)12-16)28-24(30)25(31)29-27-14-19-7-11-22(23(13-19)32-3)33-15-18-5-8-20(26)9-6-18/h4-14H,15H2,1-3H3,(H,28,30)(H,29,31). The van der Waals surface area contributed by atoms with Gasteiger partial charge in [-0.25, -0.2) is 5.43 Å². The molecule has 8 heteroatoms. The normalized spacial score (nSPS) is 10.7. The van der Waals surface area contributed by atoms with Crippen LogP contribution in [0.25, 0.3) is 0 Å². The number of rotatable bonds is 7. The van der Waals surface area contributed by atoms with Crippen molar-refractivity contribution in [3.8, 4) is 11.5 Å². The number of nitrogens with zero attached hydrogens (tertiary/aromatic N) is 1. The number of carbonyl (C=O) groups excluding carboxylic acids is 2. The molecule has 0 unspecified atom stereocenters. The molecular formula is C25H24ClN3O4. The van der Waals surface area contributed by atoms with Gasteiger partial charge in [0.25, 0.3) is 0 Å². The Labute approximate surface area is 197 Å². The highest BCUT2D eigenvalue weighted by Gasteiger charge is 2.14. The summed E-state index contributed by atoms with van der Waals surface area (Å²) in [5.74, 6) is -0.614. The van der Waals surface area contributed by atoms with E-state index in [1.807, 2.05) is 38.1 Å². The van der Waals surface area contributed by atoms with E-state index in [0.717, 1.165) is 16.7 Å². The maximum absolute atomic E-state index is 12.1. The van der Waals surface area contributed by atoms with Gasteiger partial charge in [-0.3, -0.25) is 9.59 Å². The second kappa shape index (κ2) is 11.2. The van der Waals surface area contributed by atoms with Crippen LogP contribution in [0.5, 0.6) is 11.5 Å². The minimum absolute atomic E-state index is 0.354. The number of aryl methyl sites for hydroxylation is 2. The van der Waals surface area contributed by atoms with Gasteiger partial charge in [0.2, 0.25) is 0 Å². The monoisotopic (exact) mass is 465 g/mol. The van der Waals surface area contributed by atoms with Crippen LogP contribution < -0.4 is 20.2 Å². The lowest BCUT2D eigenvalue weighted by molar-refractivity contribution is -0.136. The first kappa shape index (κ1) is 23.8. The van der Waals surface area contributed by atoms with Crippen molar-refractivity contribution in [2.45, 2.75) is 20.5 Å². The molecule has 2 N–H and O–H groups in total. The Morgan fingerprint density at radius 2 is 1.73 bits per heavy atom. The number of anilines is 1. The summed E-state index contributed by atoms with van der Waals surface area (Å²) < 4.78 is 11.2. The number of hydrogen-bond acceptors (Lipinski definition) is 5. The highest BCUT2D eigenvalue weighted by molar-refractivity contribution is 6.39. The summed E-state index contributed by atoms with van der Waals surface area (Å²) in [4.78, 5) is 24.1. The van der Waals surface area contributed by atoms with E-state index in [9.17, 15) is 9.59 Å². The van der Waals surface area contributed by atoms with Crippen molar-refractivity contribution in [1.29, 1.82) is 0 Å². The van der Waals surface area contributed by atoms with Crippen LogP contribution in [0.1, 0.15) is 22.3 Å². The SMILES string of the molecule is COc1cc(C=NNC(=O)C(=O)Nc2ccc(C)cc2C)ccc1OCc1ccc(Cl)cc1. The molecule has 3 rings (SSSR count). The molecule has 0 aliphatic rings. The molecule has 170 valence electrons. The van der Waals surface area contributed by atoms with Gasteiger partial charge in [0, 0.05) is 10.7 Å². The minimum Gasteiger partial charge on any atom is -0.493 e. The van der Waals surface area contributed by atoms with Gasteiger partial charge in [-0.2, -0.15) is 5.10 Å². The lowest BCUT2D eigenvalue weighted by Gasteiger charge is -2.11. The van der Waals surface area contributed by atoms with Gasteiger partial charge in [-0.05, 0) is 66.9 Å². The first-order chi connectivity index (χ1) is 15.9. The van der Waals surface area contributed by atoms with E-state index in [-0.39, 0.29) is 0 Å². The Morgan fingerprint density at radius 1 is 0.970 bits per heavy atom. The number of methoxy groups -OCH3 is 1. The predicted octanol–water partition coefficient (Wildman–Crippen LogP) is 4.63. The maximum Gasteiger partial charge on any atom is 0.329 e. The predicted molar refractivity (Wildman–Crippen MR) is 129 cm³/mol. The number of ether oxygens (including phenoxy) is 2. The van der Waals surface area contributed by atoms with Crippen LogP contribution in [-0.4, -0.2) is 25.1 Å². The summed E-state index contributed by atoms with van der Waals surface area (Å²) in [5.41, 5.74) is 6.35. The van der Waals surface area contributed by atoms with Crippen LogP contribution in [0.15, 0.2) is 65.8 Å². The molecule has 33 heavy (non-hydrogen) atoms. The molecule has 0 bridgehead atoms. The Bertz CT molecular complexity index is 1180. The average molecular weight is 466 g/mol. The van der Waals surface area contributed by atoms with Crippen LogP contribution in [0, 0.1) is 13.8 Å². The van der Waals surface area contributed by atoms with Crippen molar-refractivity contribution in [2.75, 3.05) is 12.4 Å². The summed E-state index contributed by atoms with van der Waals surface area (Å²) in [6.45, 7) is 4.16. The van der Waals surface area contributed by atoms with Crippen LogP contribution in [-0.2, 0) is 16.2 Å². The van der Waals surface area contributed by atoms with E-state index in [4.69, 9.17) is 21.1 Å². The van der Waals surface area contributed by atoms with Crippen LogP contribution in [0.4, 0.5) is 5.69 Å². The fourth-order valence-corrected chi connectivity index (χ4v) is 3.10. The molecule has 0 heterocycles. The molecule has 0 fully saturated rings. The quantitative estimate of drug-likeness (QED) is 0.302. The van der Waals surface area contributed by atoms with Crippen LogP contribution in [0.2, 0.25) is 5.02 Å². The van der Waals surface area contributed by atoms with Gasteiger partial charge < -0.3 is 14.8 Å². The third-order valence-corrected chi connectivity index (χ3v) is 4.96. The third kappa shape index (κ3) is 6.82. The van der Waals surface area contributed by atoms with Gasteiger partial charge in [-0.1, -0.05) is 41.4 Å². The van der Waals surface area contributed by atoms with E-state index in [1.165, 1.54) is 13.3 Å². The number of halogens is 1. The second-order valence-electron chi connectivity index (χ2n) is 7.30. The highest BCUT2D eigenvalue weighted by atomic mass is 35.5. The number of nitrogens with one attached hydrogen (secondary N) is 2. The molecule has 0 aliphatic heterocycles. The summed E-state index contributed by atoms with van der Waals surface area (Å²) >= 11 is 5.90. The summed E-state index contributed by atoms with van der Waals surface area (Å²) in [6, 6.07) is 18.1. The molecule has 0 spiro atoms. The Balaban J connectivity index is 1.57. The van der Waals surface area contributed by atoms with Crippen LogP contribution in [0.3, 0.4) is 0 Å². The molecule has 0 radical (unpaired) electrons. The zero-order valence-electron chi connectivity index (χ0n) is 18.5. The largest absolute Gasteiger partial charge is 0.493 e. The van der Waals surface area contributed by atoms with E-state index < -0.39 is 11.8 Å². The van der Waals surface area contributed by atoms with Gasteiger partial charge in [0.05, 0.1) is 13.3 Å². The molecule has 7 nitrogen and oxygen atoms in total. The molecule has 0 atom stereocenters. The van der Waals surface area contributed by atoms with Gasteiger partial charge in [0.1, 0.15) is 6.61 Å². The Hall–Kier alpha value is -3.84. The van der Waals surface area contributed by atoms with Gasteiger partial charge in [0.15, 0.2) is 11.5 Å². The summed E-state index contributed by atoms with van der Waals surface area (Å²) in [7, 11) is 1.53. The second-order valence-corrected chi connectivity index (χ2v) is 7.73. The molecule has 0 saturated heterocycles. The molecular weight excluding hydrogens is 442 g/mol. The molecule has 3 aromatic rings. The summed E-state index contributed by atoms with van der Waals surface area (Å²) in [6.07, 6.45) is 1.41. The first-order valence-electron chi connectivity index (χ1n) is 10.1. The Morgan fingerprint density at radius 3 is 2.42 bits per heavy atom. The summed E-state index contributed by atoms with van der Waals surface area (Å²) in [5, 5.41) is 7.09. The van der Waals surface area contributed by atoms with E-state index in [2.05, 4.69) is 15.8 Å². The molecule has 3 aromatic carbocycles. The van der Waals surface area contributed by atoms with E-state index >= 15 is 0 Å². The maximum atomic E-state index is 12.1. The fraction of sp³-hybridized carbons (Fsp3) is 0.160. The topological polar surface area (TPSA) is 89.0 Å². The van der Waals surface area contributed by atoms with Gasteiger partial charge >= 0.3 is 11.8 Å². The zero-order chi connectivity index (χ0) is 23.8. The van der Waals surface area contributed by atoms with Crippen molar-refractivity contribution in [2.24, 2.45) is 5.10 Å². The van der Waals surface area contributed by atoms with Gasteiger partial charge in [-0.15, -0.1) is 0 Å². The van der Waals surface area contributed by atoms with Crippen LogP contribution >= 0.6 is 11.6 Å². The highest BCUT2D eigenvalue weighted by Crippen LogP contribution is 2.28. The van der Waals surface area contributed by atoms with Crippen molar-refractivity contribution in [3.63, 3.8) is 0 Å². The molecule has 0 aromatic heterocycles. The zero-order valence-corrected chi connectivity index (χ0v) is 19.3. The number of hydrogen-bond donors (Lipinski definition) is 2. The fourth-order valence-electron chi connectivity index (χ4n) is 2.97. The molecule has 2 amide bonds. The minimum atomic E-state index is -0.874. The third-order valence-electron chi connectivity index (χ3n) is 4.71. The number of amides is 2.